The molecule has 4 heteroatoms. The van der Waals surface area contributed by atoms with Gasteiger partial charge in [0.05, 0.1) is 11.9 Å². The Bertz CT molecular complexity index is 601. The predicted molar refractivity (Wildman–Crippen MR) is 91.2 cm³/mol. The summed E-state index contributed by atoms with van der Waals surface area (Å²) in [6, 6.07) is 17.7. The fourth-order valence-electron chi connectivity index (χ4n) is 2.03. The van der Waals surface area contributed by atoms with Crippen molar-refractivity contribution in [3.63, 3.8) is 0 Å². The van der Waals surface area contributed by atoms with Crippen molar-refractivity contribution in [1.82, 2.24) is 5.32 Å². The van der Waals surface area contributed by atoms with E-state index in [4.69, 9.17) is 4.74 Å². The Morgan fingerprint density at radius 1 is 1.14 bits per heavy atom. The number of hydrogen-bond acceptors (Lipinski definition) is 3. The van der Waals surface area contributed by atoms with Crippen molar-refractivity contribution in [1.29, 1.82) is 0 Å². The molecule has 0 bridgehead atoms. The minimum absolute atomic E-state index is 0.0279. The van der Waals surface area contributed by atoms with Crippen LogP contribution < -0.4 is 10.1 Å². The van der Waals surface area contributed by atoms with Gasteiger partial charge in [-0.3, -0.25) is 4.79 Å². The van der Waals surface area contributed by atoms with Gasteiger partial charge in [-0.25, -0.2) is 0 Å². The summed E-state index contributed by atoms with van der Waals surface area (Å²) in [5.41, 5.74) is 0.995. The van der Waals surface area contributed by atoms with Gasteiger partial charge in [0.15, 0.2) is 0 Å². The van der Waals surface area contributed by atoms with E-state index in [1.54, 1.807) is 11.8 Å². The van der Waals surface area contributed by atoms with Gasteiger partial charge in [-0.1, -0.05) is 36.4 Å². The summed E-state index contributed by atoms with van der Waals surface area (Å²) >= 11 is 1.56. The third kappa shape index (κ3) is 4.81. The number of benzene rings is 2. The van der Waals surface area contributed by atoms with Crippen LogP contribution in [0.15, 0.2) is 59.5 Å². The normalized spacial score (nSPS) is 11.7. The molecular weight excluding hydrogens is 294 g/mol. The Kier molecular flexibility index (Phi) is 6.34. The van der Waals surface area contributed by atoms with Gasteiger partial charge < -0.3 is 10.1 Å². The van der Waals surface area contributed by atoms with Gasteiger partial charge in [-0.2, -0.15) is 0 Å². The highest BCUT2D eigenvalue weighted by molar-refractivity contribution is 8.00. The van der Waals surface area contributed by atoms with Gasteiger partial charge in [-0.05, 0) is 32.0 Å². The molecule has 0 saturated carbocycles. The van der Waals surface area contributed by atoms with Crippen LogP contribution in [0.2, 0.25) is 0 Å². The van der Waals surface area contributed by atoms with Crippen molar-refractivity contribution in [2.24, 2.45) is 0 Å². The number of ether oxygens (including phenoxy) is 1. The first-order chi connectivity index (χ1) is 10.7. The molecule has 116 valence electrons. The van der Waals surface area contributed by atoms with Crippen LogP contribution in [0.4, 0.5) is 0 Å². The van der Waals surface area contributed by atoms with Crippen LogP contribution in [-0.2, 0) is 11.3 Å². The summed E-state index contributed by atoms with van der Waals surface area (Å²) in [5.74, 6) is 0.855. The van der Waals surface area contributed by atoms with E-state index >= 15 is 0 Å². The van der Waals surface area contributed by atoms with Gasteiger partial charge in [0.25, 0.3) is 0 Å². The maximum atomic E-state index is 12.2. The molecule has 0 fully saturated rings. The standard InChI is InChI=1S/C18H21NO2S/c1-3-21-17-12-8-7-9-15(17)13-19-18(20)14(2)22-16-10-5-4-6-11-16/h4-12,14H,3,13H2,1-2H3,(H,19,20). The number of para-hydroxylation sites is 1. The zero-order valence-corrected chi connectivity index (χ0v) is 13.7. The molecule has 0 aliphatic heterocycles. The van der Waals surface area contributed by atoms with Gasteiger partial charge >= 0.3 is 0 Å². The van der Waals surface area contributed by atoms with E-state index in [-0.39, 0.29) is 11.2 Å². The molecule has 1 unspecified atom stereocenters. The average molecular weight is 315 g/mol. The number of nitrogens with one attached hydrogen (secondary N) is 1. The summed E-state index contributed by atoms with van der Waals surface area (Å²) in [6.45, 7) is 4.97. The highest BCUT2D eigenvalue weighted by Crippen LogP contribution is 2.23. The van der Waals surface area contributed by atoms with E-state index in [0.29, 0.717) is 13.2 Å². The van der Waals surface area contributed by atoms with Crippen molar-refractivity contribution < 1.29 is 9.53 Å². The number of thioether (sulfide) groups is 1. The SMILES string of the molecule is CCOc1ccccc1CNC(=O)C(C)Sc1ccccc1. The van der Waals surface area contributed by atoms with Crippen LogP contribution in [0.1, 0.15) is 19.4 Å². The van der Waals surface area contributed by atoms with Gasteiger partial charge in [0.1, 0.15) is 5.75 Å². The topological polar surface area (TPSA) is 38.3 Å². The second kappa shape index (κ2) is 8.49. The minimum Gasteiger partial charge on any atom is -0.494 e. The van der Waals surface area contributed by atoms with Crippen LogP contribution in [-0.4, -0.2) is 17.8 Å². The third-order valence-corrected chi connectivity index (χ3v) is 4.26. The third-order valence-electron chi connectivity index (χ3n) is 3.15. The van der Waals surface area contributed by atoms with E-state index in [0.717, 1.165) is 16.2 Å². The highest BCUT2D eigenvalue weighted by atomic mass is 32.2. The number of rotatable bonds is 7. The number of carbonyl (C=O) groups excluding carboxylic acids is 1. The molecule has 3 nitrogen and oxygen atoms in total. The summed E-state index contributed by atoms with van der Waals surface area (Å²) < 4.78 is 5.57. The Morgan fingerprint density at radius 2 is 1.82 bits per heavy atom. The first-order valence-electron chi connectivity index (χ1n) is 7.41. The van der Waals surface area contributed by atoms with Gasteiger partial charge in [-0.15, -0.1) is 11.8 Å². The summed E-state index contributed by atoms with van der Waals surface area (Å²) in [7, 11) is 0. The smallest absolute Gasteiger partial charge is 0.233 e. The molecule has 1 N–H and O–H groups in total. The Labute approximate surface area is 136 Å². The molecule has 1 amide bonds. The molecule has 0 aliphatic rings. The van der Waals surface area contributed by atoms with E-state index in [9.17, 15) is 4.79 Å². The van der Waals surface area contributed by atoms with Crippen LogP contribution in [0, 0.1) is 0 Å². The van der Waals surface area contributed by atoms with Crippen molar-refractivity contribution in [3.8, 4) is 5.75 Å². The maximum Gasteiger partial charge on any atom is 0.233 e. The molecule has 2 aromatic rings. The van der Waals surface area contributed by atoms with Crippen LogP contribution in [0.25, 0.3) is 0 Å². The lowest BCUT2D eigenvalue weighted by Crippen LogP contribution is -2.30. The second-order valence-corrected chi connectivity index (χ2v) is 6.25. The quantitative estimate of drug-likeness (QED) is 0.788. The van der Waals surface area contributed by atoms with E-state index in [1.807, 2.05) is 68.4 Å². The zero-order valence-electron chi connectivity index (χ0n) is 12.9. The molecule has 1 atom stereocenters. The fraction of sp³-hybridized carbons (Fsp3) is 0.278. The molecule has 0 saturated heterocycles. The monoisotopic (exact) mass is 315 g/mol. The molecule has 0 radical (unpaired) electrons. The summed E-state index contributed by atoms with van der Waals surface area (Å²) in [5, 5.41) is 2.84. The zero-order chi connectivity index (χ0) is 15.8. The fourth-order valence-corrected chi connectivity index (χ4v) is 2.94. The van der Waals surface area contributed by atoms with Crippen molar-refractivity contribution >= 4 is 17.7 Å². The predicted octanol–water partition coefficient (Wildman–Crippen LogP) is 3.88. The van der Waals surface area contributed by atoms with Crippen LogP contribution in [0.5, 0.6) is 5.75 Å². The highest BCUT2D eigenvalue weighted by Gasteiger charge is 2.14. The lowest BCUT2D eigenvalue weighted by molar-refractivity contribution is -0.120. The number of hydrogen-bond donors (Lipinski definition) is 1. The average Bonchev–Trinajstić information content (AvgIpc) is 2.55. The second-order valence-electron chi connectivity index (χ2n) is 4.83. The summed E-state index contributed by atoms with van der Waals surface area (Å²) in [6.07, 6.45) is 0. The molecular formula is C18H21NO2S. The Hall–Kier alpha value is -1.94. The van der Waals surface area contributed by atoms with E-state index in [2.05, 4.69) is 5.32 Å². The lowest BCUT2D eigenvalue weighted by atomic mass is 10.2. The molecule has 22 heavy (non-hydrogen) atoms. The first-order valence-corrected chi connectivity index (χ1v) is 8.28. The van der Waals surface area contributed by atoms with Crippen LogP contribution >= 0.6 is 11.8 Å². The Balaban J connectivity index is 1.89. The molecule has 0 aliphatic carbocycles. The summed E-state index contributed by atoms with van der Waals surface area (Å²) in [4.78, 5) is 13.3. The largest absolute Gasteiger partial charge is 0.494 e. The minimum atomic E-state index is -0.137. The van der Waals surface area contributed by atoms with E-state index in [1.165, 1.54) is 0 Å². The Morgan fingerprint density at radius 3 is 2.55 bits per heavy atom. The molecule has 2 rings (SSSR count). The maximum absolute atomic E-state index is 12.2. The molecule has 0 aromatic heterocycles. The molecule has 0 spiro atoms. The van der Waals surface area contributed by atoms with Crippen molar-refractivity contribution in [2.45, 2.75) is 30.5 Å². The number of amides is 1. The van der Waals surface area contributed by atoms with Gasteiger partial charge in [0, 0.05) is 17.0 Å². The van der Waals surface area contributed by atoms with Crippen molar-refractivity contribution in [3.05, 3.63) is 60.2 Å². The first kappa shape index (κ1) is 16.4. The molecule has 2 aromatic carbocycles. The molecule has 0 heterocycles. The lowest BCUT2D eigenvalue weighted by Gasteiger charge is -2.14. The van der Waals surface area contributed by atoms with Crippen molar-refractivity contribution in [2.75, 3.05) is 6.61 Å². The van der Waals surface area contributed by atoms with E-state index < -0.39 is 0 Å². The van der Waals surface area contributed by atoms with Crippen LogP contribution in [0.3, 0.4) is 0 Å². The van der Waals surface area contributed by atoms with Gasteiger partial charge in [0.2, 0.25) is 5.91 Å². The number of carbonyl (C=O) groups is 1.